The SMILES string of the molecule is Cc1cccc(OCCN(C)C(=O)c2cc(-c3ccco3)nc3c(C(N)=O)ncn23)c1. The van der Waals surface area contributed by atoms with Crippen molar-refractivity contribution in [2.45, 2.75) is 6.92 Å². The van der Waals surface area contributed by atoms with Gasteiger partial charge in [0.25, 0.3) is 11.8 Å². The van der Waals surface area contributed by atoms with Gasteiger partial charge in [-0.2, -0.15) is 0 Å². The van der Waals surface area contributed by atoms with E-state index in [9.17, 15) is 9.59 Å². The predicted molar refractivity (Wildman–Crippen MR) is 113 cm³/mol. The van der Waals surface area contributed by atoms with E-state index in [1.54, 1.807) is 25.2 Å². The molecule has 0 spiro atoms. The van der Waals surface area contributed by atoms with Gasteiger partial charge in [-0.1, -0.05) is 12.1 Å². The molecule has 0 aliphatic heterocycles. The van der Waals surface area contributed by atoms with Gasteiger partial charge in [-0.3, -0.25) is 14.0 Å². The van der Waals surface area contributed by atoms with Crippen LogP contribution in [-0.2, 0) is 0 Å². The van der Waals surface area contributed by atoms with E-state index < -0.39 is 5.91 Å². The number of hydrogen-bond donors (Lipinski definition) is 1. The third kappa shape index (κ3) is 4.11. The number of benzene rings is 1. The van der Waals surface area contributed by atoms with Crippen molar-refractivity contribution in [2.75, 3.05) is 20.2 Å². The fourth-order valence-electron chi connectivity index (χ4n) is 3.16. The lowest BCUT2D eigenvalue weighted by Gasteiger charge is -2.18. The number of imidazole rings is 1. The van der Waals surface area contributed by atoms with Crippen LogP contribution in [0.25, 0.3) is 17.1 Å². The minimum atomic E-state index is -0.732. The van der Waals surface area contributed by atoms with Crippen LogP contribution in [0.5, 0.6) is 5.75 Å². The highest BCUT2D eigenvalue weighted by molar-refractivity contribution is 5.99. The van der Waals surface area contributed by atoms with Crippen LogP contribution < -0.4 is 10.5 Å². The number of carbonyl (C=O) groups excluding carboxylic acids is 2. The first kappa shape index (κ1) is 20.1. The van der Waals surface area contributed by atoms with Crippen LogP contribution in [0.2, 0.25) is 0 Å². The quantitative estimate of drug-likeness (QED) is 0.492. The Morgan fingerprint density at radius 1 is 1.23 bits per heavy atom. The Kier molecular flexibility index (Phi) is 5.40. The molecule has 9 nitrogen and oxygen atoms in total. The molecule has 4 aromatic rings. The largest absolute Gasteiger partial charge is 0.492 e. The molecule has 1 aromatic carbocycles. The second kappa shape index (κ2) is 8.31. The van der Waals surface area contributed by atoms with Crippen LogP contribution >= 0.6 is 0 Å². The summed E-state index contributed by atoms with van der Waals surface area (Å²) in [6.07, 6.45) is 2.86. The molecule has 0 atom stereocenters. The maximum absolute atomic E-state index is 13.2. The van der Waals surface area contributed by atoms with Gasteiger partial charge < -0.3 is 19.8 Å². The molecule has 0 saturated carbocycles. The zero-order valence-corrected chi connectivity index (χ0v) is 17.1. The molecule has 0 aliphatic carbocycles. The van der Waals surface area contributed by atoms with E-state index in [1.165, 1.54) is 21.9 Å². The molecule has 9 heteroatoms. The summed E-state index contributed by atoms with van der Waals surface area (Å²) in [6, 6.07) is 12.7. The number of furan rings is 1. The molecular weight excluding hydrogens is 398 g/mol. The molecule has 0 bridgehead atoms. The van der Waals surface area contributed by atoms with E-state index in [-0.39, 0.29) is 22.9 Å². The third-order valence-corrected chi connectivity index (χ3v) is 4.76. The van der Waals surface area contributed by atoms with Gasteiger partial charge in [0.15, 0.2) is 17.1 Å². The Balaban J connectivity index is 1.61. The molecule has 4 rings (SSSR count). The summed E-state index contributed by atoms with van der Waals surface area (Å²) in [4.78, 5) is 34.9. The van der Waals surface area contributed by atoms with Gasteiger partial charge >= 0.3 is 0 Å². The van der Waals surface area contributed by atoms with Gasteiger partial charge in [0.1, 0.15) is 30.1 Å². The fraction of sp³-hybridized carbons (Fsp3) is 0.182. The minimum absolute atomic E-state index is 0.0205. The van der Waals surface area contributed by atoms with Crippen molar-refractivity contribution >= 4 is 17.5 Å². The number of nitrogens with two attached hydrogens (primary N) is 1. The first-order valence-corrected chi connectivity index (χ1v) is 9.61. The van der Waals surface area contributed by atoms with Crippen LogP contribution in [0.4, 0.5) is 0 Å². The highest BCUT2D eigenvalue weighted by atomic mass is 16.5. The van der Waals surface area contributed by atoms with Crippen molar-refractivity contribution in [3.63, 3.8) is 0 Å². The van der Waals surface area contributed by atoms with E-state index in [4.69, 9.17) is 14.9 Å². The highest BCUT2D eigenvalue weighted by Gasteiger charge is 2.22. The molecule has 0 saturated heterocycles. The Labute approximate surface area is 178 Å². The molecule has 0 aliphatic rings. The van der Waals surface area contributed by atoms with E-state index in [2.05, 4.69) is 9.97 Å². The number of primary amides is 1. The molecule has 3 heterocycles. The van der Waals surface area contributed by atoms with Gasteiger partial charge in [0.05, 0.1) is 12.8 Å². The van der Waals surface area contributed by atoms with Gasteiger partial charge in [-0.05, 0) is 42.8 Å². The van der Waals surface area contributed by atoms with Crippen molar-refractivity contribution in [3.8, 4) is 17.2 Å². The van der Waals surface area contributed by atoms with Crippen LogP contribution in [-0.4, -0.2) is 51.3 Å². The Morgan fingerprint density at radius 2 is 2.06 bits per heavy atom. The minimum Gasteiger partial charge on any atom is -0.492 e. The molecule has 31 heavy (non-hydrogen) atoms. The van der Waals surface area contributed by atoms with Gasteiger partial charge in [-0.15, -0.1) is 0 Å². The smallest absolute Gasteiger partial charge is 0.271 e. The number of likely N-dealkylation sites (N-methyl/N-ethyl adjacent to an activating group) is 1. The topological polar surface area (TPSA) is 116 Å². The summed E-state index contributed by atoms with van der Waals surface area (Å²) in [5.41, 5.74) is 7.35. The fourth-order valence-corrected chi connectivity index (χ4v) is 3.16. The zero-order chi connectivity index (χ0) is 22.0. The second-order valence-corrected chi connectivity index (χ2v) is 7.05. The number of fused-ring (bicyclic) bond motifs is 1. The Hall–Kier alpha value is -4.14. The van der Waals surface area contributed by atoms with Crippen LogP contribution in [0, 0.1) is 6.92 Å². The molecule has 0 radical (unpaired) electrons. The normalized spacial score (nSPS) is 10.9. The molecule has 158 valence electrons. The number of carbonyl (C=O) groups is 2. The summed E-state index contributed by atoms with van der Waals surface area (Å²) in [5.74, 6) is 0.179. The zero-order valence-electron chi connectivity index (χ0n) is 17.1. The lowest BCUT2D eigenvalue weighted by molar-refractivity contribution is 0.0766. The third-order valence-electron chi connectivity index (χ3n) is 4.76. The van der Waals surface area contributed by atoms with E-state index >= 15 is 0 Å². The van der Waals surface area contributed by atoms with Gasteiger partial charge in [-0.25, -0.2) is 9.97 Å². The number of ether oxygens (including phenoxy) is 1. The summed E-state index contributed by atoms with van der Waals surface area (Å²) < 4.78 is 12.6. The predicted octanol–water partition coefficient (Wildman–Crippen LogP) is 2.55. The lowest BCUT2D eigenvalue weighted by Crippen LogP contribution is -2.32. The molecular formula is C22H21N5O4. The van der Waals surface area contributed by atoms with E-state index in [0.29, 0.717) is 24.6 Å². The number of aryl methyl sites for hydroxylation is 1. The average Bonchev–Trinajstić information content (AvgIpc) is 3.42. The lowest BCUT2D eigenvalue weighted by atomic mass is 10.2. The van der Waals surface area contributed by atoms with Crippen molar-refractivity contribution in [1.82, 2.24) is 19.3 Å². The molecule has 3 aromatic heterocycles. The Bertz CT molecular complexity index is 1250. The summed E-state index contributed by atoms with van der Waals surface area (Å²) in [5, 5.41) is 0. The molecule has 0 fully saturated rings. The average molecular weight is 419 g/mol. The highest BCUT2D eigenvalue weighted by Crippen LogP contribution is 2.22. The monoisotopic (exact) mass is 419 g/mol. The van der Waals surface area contributed by atoms with Crippen LogP contribution in [0.1, 0.15) is 26.5 Å². The number of rotatable bonds is 7. The van der Waals surface area contributed by atoms with E-state index in [0.717, 1.165) is 11.3 Å². The molecule has 0 unspecified atom stereocenters. The summed E-state index contributed by atoms with van der Waals surface area (Å²) in [6.45, 7) is 2.66. The van der Waals surface area contributed by atoms with Gasteiger partial charge in [0.2, 0.25) is 0 Å². The van der Waals surface area contributed by atoms with Gasteiger partial charge in [0, 0.05) is 7.05 Å². The summed E-state index contributed by atoms with van der Waals surface area (Å²) >= 11 is 0. The first-order valence-electron chi connectivity index (χ1n) is 9.61. The standard InChI is InChI=1S/C22H21N5O4/c1-14-5-3-6-15(11-14)30-10-8-26(2)22(29)17-12-16(18-7-4-9-31-18)25-21-19(20(23)28)24-13-27(17)21/h3-7,9,11-13H,8,10H2,1-2H3,(H2,23,28). The van der Waals surface area contributed by atoms with Crippen LogP contribution in [0.15, 0.2) is 59.5 Å². The Morgan fingerprint density at radius 3 is 2.77 bits per heavy atom. The van der Waals surface area contributed by atoms with Crippen LogP contribution in [0.3, 0.4) is 0 Å². The van der Waals surface area contributed by atoms with Crippen molar-refractivity contribution in [2.24, 2.45) is 5.73 Å². The second-order valence-electron chi connectivity index (χ2n) is 7.05. The maximum atomic E-state index is 13.2. The van der Waals surface area contributed by atoms with Crippen molar-refractivity contribution < 1.29 is 18.7 Å². The van der Waals surface area contributed by atoms with Crippen molar-refractivity contribution in [3.05, 3.63) is 72.0 Å². The number of nitrogens with zero attached hydrogens (tertiary/aromatic N) is 4. The maximum Gasteiger partial charge on any atom is 0.271 e. The number of amides is 2. The first-order chi connectivity index (χ1) is 14.9. The van der Waals surface area contributed by atoms with E-state index in [1.807, 2.05) is 31.2 Å². The number of hydrogen-bond acceptors (Lipinski definition) is 6. The number of aromatic nitrogens is 3. The molecule has 2 N–H and O–H groups in total. The van der Waals surface area contributed by atoms with Crippen molar-refractivity contribution in [1.29, 1.82) is 0 Å². The summed E-state index contributed by atoms with van der Waals surface area (Å²) in [7, 11) is 1.67. The molecule has 2 amide bonds.